The van der Waals surface area contributed by atoms with E-state index in [1.54, 1.807) is 0 Å². The summed E-state index contributed by atoms with van der Waals surface area (Å²) < 4.78 is 0. The van der Waals surface area contributed by atoms with Gasteiger partial charge in [0.1, 0.15) is 11.6 Å². The SMILES string of the molecule is Cc1cc(N(C)C)nc(C2CCCN(C)C2)n1. The molecule has 1 aliphatic rings. The monoisotopic (exact) mass is 234 g/mol. The standard InChI is InChI=1S/C13H22N4/c1-10-8-12(16(2)3)15-13(14-10)11-6-5-7-17(4)9-11/h8,11H,5-7,9H2,1-4H3. The number of anilines is 1. The second-order valence-electron chi connectivity index (χ2n) is 5.22. The highest BCUT2D eigenvalue weighted by atomic mass is 15.2. The summed E-state index contributed by atoms with van der Waals surface area (Å²) in [4.78, 5) is 13.7. The molecule has 4 nitrogen and oxygen atoms in total. The predicted molar refractivity (Wildman–Crippen MR) is 70.6 cm³/mol. The number of likely N-dealkylation sites (tertiary alicyclic amines) is 1. The second-order valence-corrected chi connectivity index (χ2v) is 5.22. The molecule has 1 aromatic rings. The molecule has 2 heterocycles. The molecular formula is C13H22N4. The highest BCUT2D eigenvalue weighted by Crippen LogP contribution is 2.25. The van der Waals surface area contributed by atoms with Crippen LogP contribution in [0.5, 0.6) is 0 Å². The van der Waals surface area contributed by atoms with Crippen LogP contribution in [0.4, 0.5) is 5.82 Å². The lowest BCUT2D eigenvalue weighted by atomic mass is 9.97. The number of rotatable bonds is 2. The molecule has 0 amide bonds. The van der Waals surface area contributed by atoms with Crippen molar-refractivity contribution in [1.29, 1.82) is 0 Å². The van der Waals surface area contributed by atoms with Crippen molar-refractivity contribution < 1.29 is 0 Å². The van der Waals surface area contributed by atoms with E-state index in [0.717, 1.165) is 23.9 Å². The van der Waals surface area contributed by atoms with Crippen molar-refractivity contribution >= 4 is 5.82 Å². The van der Waals surface area contributed by atoms with E-state index in [-0.39, 0.29) is 0 Å². The normalized spacial score (nSPS) is 21.5. The van der Waals surface area contributed by atoms with Crippen molar-refractivity contribution in [3.05, 3.63) is 17.6 Å². The Kier molecular flexibility index (Phi) is 3.62. The fraction of sp³-hybridized carbons (Fsp3) is 0.692. The van der Waals surface area contributed by atoms with Crippen molar-refractivity contribution in [3.8, 4) is 0 Å². The summed E-state index contributed by atoms with van der Waals surface area (Å²) in [6, 6.07) is 2.04. The first kappa shape index (κ1) is 12.3. The Morgan fingerprint density at radius 3 is 2.76 bits per heavy atom. The fourth-order valence-corrected chi connectivity index (χ4v) is 2.36. The van der Waals surface area contributed by atoms with Crippen molar-refractivity contribution in [3.63, 3.8) is 0 Å². The molecule has 1 unspecified atom stereocenters. The predicted octanol–water partition coefficient (Wildman–Crippen LogP) is 1.66. The molecule has 4 heteroatoms. The zero-order valence-corrected chi connectivity index (χ0v) is 11.3. The van der Waals surface area contributed by atoms with E-state index in [2.05, 4.69) is 21.9 Å². The minimum atomic E-state index is 0.493. The van der Waals surface area contributed by atoms with E-state index in [1.807, 2.05) is 32.0 Å². The highest BCUT2D eigenvalue weighted by Gasteiger charge is 2.22. The van der Waals surface area contributed by atoms with Crippen molar-refractivity contribution in [1.82, 2.24) is 14.9 Å². The first-order valence-corrected chi connectivity index (χ1v) is 6.27. The average molecular weight is 234 g/mol. The quantitative estimate of drug-likeness (QED) is 0.779. The summed E-state index contributed by atoms with van der Waals surface area (Å²) in [5.41, 5.74) is 1.06. The van der Waals surface area contributed by atoms with Crippen LogP contribution in [0.25, 0.3) is 0 Å². The Hall–Kier alpha value is -1.16. The number of aromatic nitrogens is 2. The van der Waals surface area contributed by atoms with Crippen LogP contribution in [0.15, 0.2) is 6.07 Å². The van der Waals surface area contributed by atoms with Crippen molar-refractivity contribution in [2.45, 2.75) is 25.7 Å². The summed E-state index contributed by atoms with van der Waals surface area (Å²) in [7, 11) is 6.23. The van der Waals surface area contributed by atoms with Gasteiger partial charge in [-0.1, -0.05) is 0 Å². The molecule has 2 rings (SSSR count). The van der Waals surface area contributed by atoms with Crippen LogP contribution < -0.4 is 4.90 Å². The molecule has 1 atom stereocenters. The van der Waals surface area contributed by atoms with E-state index in [9.17, 15) is 0 Å². The molecule has 1 fully saturated rings. The summed E-state index contributed by atoms with van der Waals surface area (Å²) in [6.07, 6.45) is 2.45. The summed E-state index contributed by atoms with van der Waals surface area (Å²) >= 11 is 0. The number of aryl methyl sites for hydroxylation is 1. The largest absolute Gasteiger partial charge is 0.363 e. The lowest BCUT2D eigenvalue weighted by molar-refractivity contribution is 0.245. The molecule has 0 aliphatic carbocycles. The Labute approximate surface area is 104 Å². The number of piperidine rings is 1. The summed E-state index contributed by atoms with van der Waals surface area (Å²) in [6.45, 7) is 4.32. The lowest BCUT2D eigenvalue weighted by Crippen LogP contribution is -2.32. The van der Waals surface area contributed by atoms with Crippen LogP contribution in [-0.2, 0) is 0 Å². The van der Waals surface area contributed by atoms with Gasteiger partial charge in [-0.15, -0.1) is 0 Å². The van der Waals surface area contributed by atoms with Crippen LogP contribution >= 0.6 is 0 Å². The van der Waals surface area contributed by atoms with Crippen LogP contribution in [-0.4, -0.2) is 49.1 Å². The number of nitrogens with zero attached hydrogens (tertiary/aromatic N) is 4. The molecule has 0 bridgehead atoms. The third-order valence-electron chi connectivity index (χ3n) is 3.31. The molecule has 94 valence electrons. The number of hydrogen-bond donors (Lipinski definition) is 0. The zero-order chi connectivity index (χ0) is 12.4. The van der Waals surface area contributed by atoms with Crippen LogP contribution in [0.1, 0.15) is 30.3 Å². The van der Waals surface area contributed by atoms with Crippen molar-refractivity contribution in [2.24, 2.45) is 0 Å². The molecule has 1 aliphatic heterocycles. The maximum Gasteiger partial charge on any atom is 0.135 e. The third-order valence-corrected chi connectivity index (χ3v) is 3.31. The van der Waals surface area contributed by atoms with E-state index >= 15 is 0 Å². The highest BCUT2D eigenvalue weighted by molar-refractivity contribution is 5.38. The van der Waals surface area contributed by atoms with Crippen LogP contribution in [0, 0.1) is 6.92 Å². The average Bonchev–Trinajstić information content (AvgIpc) is 2.28. The van der Waals surface area contributed by atoms with Gasteiger partial charge in [0.15, 0.2) is 0 Å². The number of likely N-dealkylation sites (N-methyl/N-ethyl adjacent to an activating group) is 1. The Bertz CT molecular complexity index is 389. The first-order chi connectivity index (χ1) is 8.06. The Morgan fingerprint density at radius 1 is 1.35 bits per heavy atom. The molecule has 0 N–H and O–H groups in total. The lowest BCUT2D eigenvalue weighted by Gasteiger charge is -2.29. The van der Waals surface area contributed by atoms with Gasteiger partial charge in [-0.25, -0.2) is 9.97 Å². The minimum Gasteiger partial charge on any atom is -0.363 e. The van der Waals surface area contributed by atoms with Gasteiger partial charge in [0.25, 0.3) is 0 Å². The van der Waals surface area contributed by atoms with Crippen molar-refractivity contribution in [2.75, 3.05) is 39.1 Å². The van der Waals surface area contributed by atoms with E-state index in [4.69, 9.17) is 0 Å². The fourth-order valence-electron chi connectivity index (χ4n) is 2.36. The second kappa shape index (κ2) is 5.00. The smallest absolute Gasteiger partial charge is 0.135 e. The maximum absolute atomic E-state index is 4.68. The van der Waals surface area contributed by atoms with Crippen LogP contribution in [0.2, 0.25) is 0 Å². The first-order valence-electron chi connectivity index (χ1n) is 6.27. The molecule has 0 spiro atoms. The van der Waals surface area contributed by atoms with Gasteiger partial charge in [0, 0.05) is 38.3 Å². The Morgan fingerprint density at radius 2 is 2.12 bits per heavy atom. The van der Waals surface area contributed by atoms with Gasteiger partial charge in [-0.05, 0) is 33.4 Å². The van der Waals surface area contributed by atoms with E-state index < -0.39 is 0 Å². The molecular weight excluding hydrogens is 212 g/mol. The minimum absolute atomic E-state index is 0.493. The third kappa shape index (κ3) is 2.94. The number of hydrogen-bond acceptors (Lipinski definition) is 4. The summed E-state index contributed by atoms with van der Waals surface area (Å²) in [5, 5.41) is 0. The summed E-state index contributed by atoms with van der Waals surface area (Å²) in [5.74, 6) is 2.52. The zero-order valence-electron chi connectivity index (χ0n) is 11.3. The molecule has 17 heavy (non-hydrogen) atoms. The van der Waals surface area contributed by atoms with Gasteiger partial charge in [-0.3, -0.25) is 0 Å². The molecule has 0 saturated carbocycles. The Balaban J connectivity index is 2.25. The maximum atomic E-state index is 4.68. The topological polar surface area (TPSA) is 32.3 Å². The molecule has 0 aromatic carbocycles. The van der Waals surface area contributed by atoms with Gasteiger partial charge < -0.3 is 9.80 Å². The van der Waals surface area contributed by atoms with Gasteiger partial charge in [0.2, 0.25) is 0 Å². The molecule has 1 aromatic heterocycles. The van der Waals surface area contributed by atoms with Gasteiger partial charge in [-0.2, -0.15) is 0 Å². The van der Waals surface area contributed by atoms with Crippen LogP contribution in [0.3, 0.4) is 0 Å². The van der Waals surface area contributed by atoms with E-state index in [0.29, 0.717) is 5.92 Å². The molecule has 1 saturated heterocycles. The van der Waals surface area contributed by atoms with E-state index in [1.165, 1.54) is 19.4 Å². The van der Waals surface area contributed by atoms with Gasteiger partial charge >= 0.3 is 0 Å². The molecule has 0 radical (unpaired) electrons. The van der Waals surface area contributed by atoms with Gasteiger partial charge in [0.05, 0.1) is 0 Å².